The Labute approximate surface area is 180 Å². The predicted molar refractivity (Wildman–Crippen MR) is 117 cm³/mol. The third kappa shape index (κ3) is 4.80. The zero-order chi connectivity index (χ0) is 21.9. The maximum Gasteiger partial charge on any atom is 0.264 e. The van der Waals surface area contributed by atoms with Gasteiger partial charge in [-0.15, -0.1) is 0 Å². The first-order valence-corrected chi connectivity index (χ1v) is 10.9. The Morgan fingerprint density at radius 2 is 1.70 bits per heavy atom. The molecule has 0 spiro atoms. The number of sulfonamides is 1. The van der Waals surface area contributed by atoms with Gasteiger partial charge in [-0.3, -0.25) is 9.10 Å². The van der Waals surface area contributed by atoms with Gasteiger partial charge in [-0.05, 0) is 55.8 Å². The van der Waals surface area contributed by atoms with Crippen molar-refractivity contribution < 1.29 is 17.6 Å². The highest BCUT2D eigenvalue weighted by atomic mass is 35.5. The molecule has 30 heavy (non-hydrogen) atoms. The van der Waals surface area contributed by atoms with E-state index in [4.69, 9.17) is 11.6 Å². The SMILES string of the molecule is Cc1ccc(S(=O)(=O)N(CC(=O)Nc2ccc(C)c(Cl)c2)c2ccccc2F)cc1. The third-order valence-corrected chi connectivity index (χ3v) is 6.65. The fraction of sp³-hybridized carbons (Fsp3) is 0.136. The molecule has 3 aromatic carbocycles. The summed E-state index contributed by atoms with van der Waals surface area (Å²) in [6, 6.07) is 16.5. The highest BCUT2D eigenvalue weighted by molar-refractivity contribution is 7.92. The molecule has 0 radical (unpaired) electrons. The van der Waals surface area contributed by atoms with E-state index in [1.54, 1.807) is 30.3 Å². The number of para-hydroxylation sites is 1. The number of benzene rings is 3. The van der Waals surface area contributed by atoms with Crippen LogP contribution in [0.15, 0.2) is 71.6 Å². The molecule has 0 aliphatic heterocycles. The Morgan fingerprint density at radius 1 is 1.03 bits per heavy atom. The topological polar surface area (TPSA) is 66.5 Å². The lowest BCUT2D eigenvalue weighted by Gasteiger charge is -2.24. The molecular formula is C22H20ClFN2O3S. The largest absolute Gasteiger partial charge is 0.324 e. The van der Waals surface area contributed by atoms with Gasteiger partial charge in [0.05, 0.1) is 10.6 Å². The average Bonchev–Trinajstić information content (AvgIpc) is 2.70. The minimum atomic E-state index is -4.19. The zero-order valence-corrected chi connectivity index (χ0v) is 18.0. The second-order valence-corrected chi connectivity index (χ2v) is 9.06. The smallest absolute Gasteiger partial charge is 0.264 e. The number of rotatable bonds is 6. The van der Waals surface area contributed by atoms with E-state index in [9.17, 15) is 17.6 Å². The molecule has 0 fully saturated rings. The van der Waals surface area contributed by atoms with Crippen LogP contribution in [0.1, 0.15) is 11.1 Å². The normalized spacial score (nSPS) is 11.2. The highest BCUT2D eigenvalue weighted by Gasteiger charge is 2.29. The molecule has 3 aromatic rings. The molecule has 8 heteroatoms. The standard InChI is InChI=1S/C22H20ClFN2O3S/c1-15-7-11-18(12-8-15)30(28,29)26(21-6-4-3-5-20(21)24)14-22(27)25-17-10-9-16(2)19(23)13-17/h3-13H,14H2,1-2H3,(H,25,27). The lowest BCUT2D eigenvalue weighted by atomic mass is 10.2. The van der Waals surface area contributed by atoms with E-state index in [2.05, 4.69) is 5.32 Å². The van der Waals surface area contributed by atoms with Crippen LogP contribution >= 0.6 is 11.6 Å². The average molecular weight is 447 g/mol. The Balaban J connectivity index is 1.95. The van der Waals surface area contributed by atoms with Crippen LogP contribution in [0.4, 0.5) is 15.8 Å². The van der Waals surface area contributed by atoms with Gasteiger partial charge in [0, 0.05) is 10.7 Å². The van der Waals surface area contributed by atoms with Crippen molar-refractivity contribution in [2.45, 2.75) is 18.7 Å². The molecule has 156 valence electrons. The van der Waals surface area contributed by atoms with Crippen molar-refractivity contribution in [3.05, 3.63) is 88.7 Å². The summed E-state index contributed by atoms with van der Waals surface area (Å²) in [5.41, 5.74) is 1.91. The number of carbonyl (C=O) groups is 1. The van der Waals surface area contributed by atoms with Gasteiger partial charge in [-0.25, -0.2) is 12.8 Å². The first kappa shape index (κ1) is 21.8. The van der Waals surface area contributed by atoms with Crippen LogP contribution in [0.3, 0.4) is 0 Å². The van der Waals surface area contributed by atoms with Crippen LogP contribution in [0.5, 0.6) is 0 Å². The van der Waals surface area contributed by atoms with Crippen molar-refractivity contribution in [3.63, 3.8) is 0 Å². The van der Waals surface area contributed by atoms with Crippen molar-refractivity contribution >= 4 is 38.9 Å². The first-order chi connectivity index (χ1) is 14.2. The molecule has 0 unspecified atom stereocenters. The zero-order valence-electron chi connectivity index (χ0n) is 16.4. The summed E-state index contributed by atoms with van der Waals surface area (Å²) in [5.74, 6) is -1.38. The summed E-state index contributed by atoms with van der Waals surface area (Å²) in [6.45, 7) is 3.04. The fourth-order valence-electron chi connectivity index (χ4n) is 2.79. The molecule has 3 rings (SSSR count). The quantitative estimate of drug-likeness (QED) is 0.583. The Morgan fingerprint density at radius 3 is 2.33 bits per heavy atom. The van der Waals surface area contributed by atoms with E-state index in [1.807, 2.05) is 13.8 Å². The Kier molecular flexibility index (Phi) is 6.43. The number of anilines is 2. The number of carbonyl (C=O) groups excluding carboxylic acids is 1. The number of hydrogen-bond donors (Lipinski definition) is 1. The summed E-state index contributed by atoms with van der Waals surface area (Å²) in [5, 5.41) is 3.07. The summed E-state index contributed by atoms with van der Waals surface area (Å²) in [7, 11) is -4.19. The Hall–Kier alpha value is -2.90. The summed E-state index contributed by atoms with van der Waals surface area (Å²) >= 11 is 6.08. The van der Waals surface area contributed by atoms with E-state index in [1.165, 1.54) is 30.3 Å². The summed E-state index contributed by atoms with van der Waals surface area (Å²) < 4.78 is 41.7. The predicted octanol–water partition coefficient (Wildman–Crippen LogP) is 4.93. The fourth-order valence-corrected chi connectivity index (χ4v) is 4.40. The minimum Gasteiger partial charge on any atom is -0.324 e. The number of amides is 1. The van der Waals surface area contributed by atoms with Gasteiger partial charge in [0.25, 0.3) is 10.0 Å². The van der Waals surface area contributed by atoms with Crippen LogP contribution in [0.25, 0.3) is 0 Å². The second-order valence-electron chi connectivity index (χ2n) is 6.79. The van der Waals surface area contributed by atoms with Gasteiger partial charge in [0.15, 0.2) is 0 Å². The molecule has 0 aliphatic carbocycles. The number of halogens is 2. The molecule has 0 saturated heterocycles. The number of nitrogens with zero attached hydrogens (tertiary/aromatic N) is 1. The molecule has 5 nitrogen and oxygen atoms in total. The van der Waals surface area contributed by atoms with E-state index < -0.39 is 28.3 Å². The van der Waals surface area contributed by atoms with Gasteiger partial charge in [-0.1, -0.05) is 47.5 Å². The van der Waals surface area contributed by atoms with Crippen molar-refractivity contribution in [1.29, 1.82) is 0 Å². The number of aryl methyl sites for hydroxylation is 2. The molecule has 1 amide bonds. The van der Waals surface area contributed by atoms with Crippen molar-refractivity contribution in [1.82, 2.24) is 0 Å². The van der Waals surface area contributed by atoms with E-state index in [-0.39, 0.29) is 10.6 Å². The van der Waals surface area contributed by atoms with E-state index in [0.717, 1.165) is 21.5 Å². The molecule has 0 saturated carbocycles. The molecule has 0 atom stereocenters. The lowest BCUT2D eigenvalue weighted by Crippen LogP contribution is -2.38. The van der Waals surface area contributed by atoms with Crippen molar-refractivity contribution in [2.75, 3.05) is 16.2 Å². The van der Waals surface area contributed by atoms with Gasteiger partial charge < -0.3 is 5.32 Å². The highest BCUT2D eigenvalue weighted by Crippen LogP contribution is 2.27. The lowest BCUT2D eigenvalue weighted by molar-refractivity contribution is -0.114. The molecule has 1 N–H and O–H groups in total. The van der Waals surface area contributed by atoms with Crippen LogP contribution < -0.4 is 9.62 Å². The van der Waals surface area contributed by atoms with Crippen LogP contribution in [0, 0.1) is 19.7 Å². The molecule has 0 aliphatic rings. The van der Waals surface area contributed by atoms with E-state index in [0.29, 0.717) is 10.7 Å². The second kappa shape index (κ2) is 8.85. The van der Waals surface area contributed by atoms with Gasteiger partial charge in [0.1, 0.15) is 12.4 Å². The first-order valence-electron chi connectivity index (χ1n) is 9.08. The van der Waals surface area contributed by atoms with E-state index >= 15 is 0 Å². The maximum atomic E-state index is 14.5. The van der Waals surface area contributed by atoms with Crippen LogP contribution in [-0.2, 0) is 14.8 Å². The van der Waals surface area contributed by atoms with Gasteiger partial charge >= 0.3 is 0 Å². The number of nitrogens with one attached hydrogen (secondary N) is 1. The molecular weight excluding hydrogens is 427 g/mol. The van der Waals surface area contributed by atoms with Crippen molar-refractivity contribution in [2.24, 2.45) is 0 Å². The summed E-state index contributed by atoms with van der Waals surface area (Å²) in [4.78, 5) is 12.6. The molecule has 0 bridgehead atoms. The summed E-state index contributed by atoms with van der Waals surface area (Å²) in [6.07, 6.45) is 0. The number of hydrogen-bond acceptors (Lipinski definition) is 3. The monoisotopic (exact) mass is 446 g/mol. The molecule has 0 aromatic heterocycles. The van der Waals surface area contributed by atoms with Gasteiger partial charge in [-0.2, -0.15) is 0 Å². The van der Waals surface area contributed by atoms with Crippen LogP contribution in [0.2, 0.25) is 5.02 Å². The molecule has 0 heterocycles. The van der Waals surface area contributed by atoms with Crippen molar-refractivity contribution in [3.8, 4) is 0 Å². The Bertz CT molecular complexity index is 1180. The van der Waals surface area contributed by atoms with Crippen LogP contribution in [-0.4, -0.2) is 20.9 Å². The maximum absolute atomic E-state index is 14.5. The minimum absolute atomic E-state index is 0.0393. The van der Waals surface area contributed by atoms with Gasteiger partial charge in [0.2, 0.25) is 5.91 Å². The third-order valence-electron chi connectivity index (χ3n) is 4.47.